The van der Waals surface area contributed by atoms with Crippen molar-refractivity contribution < 1.29 is 23.6 Å². The lowest BCUT2D eigenvalue weighted by molar-refractivity contribution is 0.0617. The zero-order valence-electron chi connectivity index (χ0n) is 23.4. The van der Waals surface area contributed by atoms with Gasteiger partial charge in [-0.3, -0.25) is 4.79 Å². The Bertz CT molecular complexity index is 1410. The van der Waals surface area contributed by atoms with Crippen molar-refractivity contribution >= 4 is 40.8 Å². The molecule has 0 saturated carbocycles. The van der Waals surface area contributed by atoms with Gasteiger partial charge in [0.05, 0.1) is 30.0 Å². The zero-order valence-corrected chi connectivity index (χ0v) is 24.9. The quantitative estimate of drug-likeness (QED) is 0.335. The summed E-state index contributed by atoms with van der Waals surface area (Å²) in [6.45, 7) is 4.45. The second-order valence-electron chi connectivity index (χ2n) is 10.5. The number of urea groups is 1. The molecule has 0 radical (unpaired) electrons. The van der Waals surface area contributed by atoms with Gasteiger partial charge in [-0.2, -0.15) is 0 Å². The average molecular weight is 602 g/mol. The molecule has 1 aromatic heterocycles. The molecule has 0 spiro atoms. The molecule has 0 unspecified atom stereocenters. The highest BCUT2D eigenvalue weighted by atomic mass is 35.5. The van der Waals surface area contributed by atoms with Crippen LogP contribution in [-0.2, 0) is 0 Å². The Kier molecular flexibility index (Phi) is 8.94. The first-order valence-corrected chi connectivity index (χ1v) is 14.5. The van der Waals surface area contributed by atoms with Crippen LogP contribution in [0.4, 0.5) is 10.5 Å². The number of nitrogens with one attached hydrogen (secondary N) is 1. The smallest absolute Gasteiger partial charge is 0.321 e. The minimum absolute atomic E-state index is 0.0716. The summed E-state index contributed by atoms with van der Waals surface area (Å²) in [5.41, 5.74) is 2.16. The number of hydrogen-bond acceptors (Lipinski definition) is 6. The lowest BCUT2D eigenvalue weighted by atomic mass is 9.78. The molecular formula is C30H34Cl2N4O5. The van der Waals surface area contributed by atoms with E-state index in [9.17, 15) is 9.59 Å². The van der Waals surface area contributed by atoms with E-state index < -0.39 is 0 Å². The normalized spacial score (nSPS) is 16.5. The van der Waals surface area contributed by atoms with E-state index in [0.717, 1.165) is 25.7 Å². The minimum atomic E-state index is -0.179. The first-order valence-electron chi connectivity index (χ1n) is 13.8. The molecule has 5 rings (SSSR count). The number of benzene rings is 2. The summed E-state index contributed by atoms with van der Waals surface area (Å²) < 4.78 is 16.1. The highest BCUT2D eigenvalue weighted by Crippen LogP contribution is 2.38. The highest BCUT2D eigenvalue weighted by molar-refractivity contribution is 6.33. The van der Waals surface area contributed by atoms with Crippen LogP contribution in [0.5, 0.6) is 11.5 Å². The summed E-state index contributed by atoms with van der Waals surface area (Å²) >= 11 is 12.6. The Balaban J connectivity index is 1.15. The predicted molar refractivity (Wildman–Crippen MR) is 158 cm³/mol. The molecule has 3 aromatic rings. The van der Waals surface area contributed by atoms with Crippen molar-refractivity contribution in [2.45, 2.75) is 32.6 Å². The van der Waals surface area contributed by atoms with Gasteiger partial charge in [0.15, 0.2) is 0 Å². The van der Waals surface area contributed by atoms with E-state index in [-0.39, 0.29) is 11.9 Å². The molecular weight excluding hydrogens is 567 g/mol. The number of aromatic nitrogens is 1. The molecule has 2 aromatic carbocycles. The molecule has 11 heteroatoms. The van der Waals surface area contributed by atoms with Gasteiger partial charge in [0.25, 0.3) is 5.91 Å². The topological polar surface area (TPSA) is 97.1 Å². The molecule has 2 aliphatic heterocycles. The zero-order chi connectivity index (χ0) is 29.1. The number of carbonyl (C=O) groups is 2. The number of carbonyl (C=O) groups excluding carboxylic acids is 2. The number of ether oxygens (including phenoxy) is 2. The van der Waals surface area contributed by atoms with E-state index in [1.807, 2.05) is 28.0 Å². The summed E-state index contributed by atoms with van der Waals surface area (Å²) in [7, 11) is 3.06. The second-order valence-corrected chi connectivity index (χ2v) is 11.3. The number of methoxy groups -OCH3 is 2. The third-order valence-electron chi connectivity index (χ3n) is 8.24. The van der Waals surface area contributed by atoms with Crippen molar-refractivity contribution in [2.24, 2.45) is 11.8 Å². The molecule has 3 heterocycles. The second kappa shape index (κ2) is 12.6. The first kappa shape index (κ1) is 29.1. The Labute approximate surface area is 249 Å². The summed E-state index contributed by atoms with van der Waals surface area (Å²) in [5.74, 6) is 2.40. The maximum absolute atomic E-state index is 13.5. The minimum Gasteiger partial charge on any atom is -0.495 e. The average Bonchev–Trinajstić information content (AvgIpc) is 3.38. The van der Waals surface area contributed by atoms with Crippen LogP contribution in [0.2, 0.25) is 10.0 Å². The number of rotatable bonds is 6. The third kappa shape index (κ3) is 6.11. The fourth-order valence-corrected chi connectivity index (χ4v) is 6.39. The number of amides is 3. The van der Waals surface area contributed by atoms with Crippen LogP contribution in [-0.4, -0.2) is 67.3 Å². The predicted octanol–water partition coefficient (Wildman–Crippen LogP) is 6.77. The van der Waals surface area contributed by atoms with Crippen LogP contribution in [0.25, 0.3) is 11.3 Å². The Morgan fingerprint density at radius 1 is 0.902 bits per heavy atom. The van der Waals surface area contributed by atoms with Crippen LogP contribution in [0, 0.1) is 18.8 Å². The molecule has 2 aliphatic rings. The fraction of sp³-hybridized carbons (Fsp3) is 0.433. The lowest BCUT2D eigenvalue weighted by Crippen LogP contribution is -2.45. The Morgan fingerprint density at radius 3 is 2.12 bits per heavy atom. The molecule has 2 saturated heterocycles. The largest absolute Gasteiger partial charge is 0.495 e. The van der Waals surface area contributed by atoms with Crippen LogP contribution in [0.15, 0.2) is 40.9 Å². The summed E-state index contributed by atoms with van der Waals surface area (Å²) in [5, 5.41) is 8.01. The molecule has 0 atom stereocenters. The van der Waals surface area contributed by atoms with Gasteiger partial charge in [0, 0.05) is 37.8 Å². The van der Waals surface area contributed by atoms with E-state index in [4.69, 9.17) is 37.2 Å². The molecule has 41 heavy (non-hydrogen) atoms. The summed E-state index contributed by atoms with van der Waals surface area (Å²) in [6, 6.07) is 10.4. The standard InChI is InChI=1S/C30H34Cl2N4O5/c1-18-27(28(34-41-18)21-6-4-5-7-22(21)31)29(37)35-12-8-19(9-13-35)20-10-14-36(15-11-20)30(38)33-24-16-23(32)25(39-2)17-26(24)40-3/h4-7,16-17,19-20H,8-15H2,1-3H3,(H,33,38). The van der Waals surface area contributed by atoms with Gasteiger partial charge in [-0.05, 0) is 56.6 Å². The molecule has 2 fully saturated rings. The lowest BCUT2D eigenvalue weighted by Gasteiger charge is -2.40. The molecule has 1 N–H and O–H groups in total. The number of likely N-dealkylation sites (tertiary alicyclic amines) is 2. The van der Waals surface area contributed by atoms with E-state index in [1.165, 1.54) is 14.2 Å². The highest BCUT2D eigenvalue weighted by Gasteiger charge is 2.34. The van der Waals surface area contributed by atoms with Crippen LogP contribution >= 0.6 is 23.2 Å². The van der Waals surface area contributed by atoms with Crippen LogP contribution < -0.4 is 14.8 Å². The molecule has 0 aliphatic carbocycles. The van der Waals surface area contributed by atoms with Gasteiger partial charge in [-0.15, -0.1) is 0 Å². The van der Waals surface area contributed by atoms with Gasteiger partial charge >= 0.3 is 6.03 Å². The SMILES string of the molecule is COc1cc(OC)c(NC(=O)N2CCC(C3CCN(C(=O)c4c(-c5ccccc5Cl)noc4C)CC3)CC2)cc1Cl. The number of aryl methyl sites for hydroxylation is 1. The van der Waals surface area contributed by atoms with Gasteiger partial charge in [0.1, 0.15) is 28.5 Å². The van der Waals surface area contributed by atoms with Crippen molar-refractivity contribution in [3.8, 4) is 22.8 Å². The van der Waals surface area contributed by atoms with Crippen LogP contribution in [0.1, 0.15) is 41.8 Å². The number of piperidine rings is 2. The van der Waals surface area contributed by atoms with Gasteiger partial charge < -0.3 is 29.1 Å². The Morgan fingerprint density at radius 2 is 1.51 bits per heavy atom. The maximum Gasteiger partial charge on any atom is 0.321 e. The van der Waals surface area contributed by atoms with Gasteiger partial charge in [-0.1, -0.05) is 46.6 Å². The molecule has 218 valence electrons. The Hall–Kier alpha value is -3.43. The number of anilines is 1. The van der Waals surface area contributed by atoms with E-state index in [1.54, 1.807) is 25.1 Å². The summed E-state index contributed by atoms with van der Waals surface area (Å²) in [6.07, 6.45) is 3.70. The number of halogens is 2. The monoisotopic (exact) mass is 600 g/mol. The van der Waals surface area contributed by atoms with Crippen molar-refractivity contribution in [2.75, 3.05) is 45.7 Å². The van der Waals surface area contributed by atoms with Crippen molar-refractivity contribution in [3.63, 3.8) is 0 Å². The van der Waals surface area contributed by atoms with Crippen molar-refractivity contribution in [1.82, 2.24) is 15.0 Å². The van der Waals surface area contributed by atoms with E-state index in [0.29, 0.717) is 87.8 Å². The third-order valence-corrected chi connectivity index (χ3v) is 8.87. The van der Waals surface area contributed by atoms with Crippen molar-refractivity contribution in [3.05, 3.63) is 57.8 Å². The molecule has 9 nitrogen and oxygen atoms in total. The van der Waals surface area contributed by atoms with E-state index >= 15 is 0 Å². The summed E-state index contributed by atoms with van der Waals surface area (Å²) in [4.78, 5) is 30.3. The first-order chi connectivity index (χ1) is 19.8. The van der Waals surface area contributed by atoms with Gasteiger partial charge in [-0.25, -0.2) is 4.79 Å². The molecule has 0 bridgehead atoms. The maximum atomic E-state index is 13.5. The van der Waals surface area contributed by atoms with Crippen molar-refractivity contribution in [1.29, 1.82) is 0 Å². The van der Waals surface area contributed by atoms with Gasteiger partial charge in [0.2, 0.25) is 0 Å². The number of hydrogen-bond donors (Lipinski definition) is 1. The van der Waals surface area contributed by atoms with E-state index in [2.05, 4.69) is 10.5 Å². The molecule has 3 amide bonds. The number of nitrogens with zero attached hydrogens (tertiary/aromatic N) is 3. The fourth-order valence-electron chi connectivity index (χ4n) is 5.92. The van der Waals surface area contributed by atoms with Crippen LogP contribution in [0.3, 0.4) is 0 Å².